The van der Waals surface area contributed by atoms with Gasteiger partial charge in [-0.15, -0.1) is 55.5 Å². The van der Waals surface area contributed by atoms with Crippen LogP contribution in [0.4, 0.5) is 0 Å². The highest BCUT2D eigenvalue weighted by molar-refractivity contribution is 7.85. The lowest BCUT2D eigenvalue weighted by molar-refractivity contribution is 0.0685. The number of H-pyrrole nitrogens is 1. The summed E-state index contributed by atoms with van der Waals surface area (Å²) in [5, 5.41) is 79.8. The summed E-state index contributed by atoms with van der Waals surface area (Å²) in [7, 11) is -4.02. The monoisotopic (exact) mass is 1790 g/mol. The molecule has 0 aliphatic rings. The Morgan fingerprint density at radius 3 is 1.11 bits per heavy atom. The summed E-state index contributed by atoms with van der Waals surface area (Å²) in [6, 6.07) is 57.5. The second-order valence-corrected chi connectivity index (χ2v) is 37.5. The summed E-state index contributed by atoms with van der Waals surface area (Å²) >= 11 is 6.41. The van der Waals surface area contributed by atoms with Gasteiger partial charge in [0, 0.05) is 89.5 Å². The number of carbonyl (C=O) groups is 4. The van der Waals surface area contributed by atoms with Crippen molar-refractivity contribution < 1.29 is 67.9 Å². The van der Waals surface area contributed by atoms with Crippen molar-refractivity contribution in [2.75, 3.05) is 0 Å². The van der Waals surface area contributed by atoms with Gasteiger partial charge in [0.1, 0.15) is 22.1 Å². The number of phenols is 3. The van der Waals surface area contributed by atoms with Gasteiger partial charge in [-0.25, -0.2) is 19.2 Å². The molecule has 22 nitrogen and oxygen atoms in total. The van der Waals surface area contributed by atoms with Gasteiger partial charge in [0.25, 0.3) is 10.1 Å². The van der Waals surface area contributed by atoms with Gasteiger partial charge in [0.2, 0.25) is 5.82 Å². The number of nitrogens with one attached hydrogen (secondary N) is 1. The maximum absolute atomic E-state index is 10.5. The normalized spacial score (nSPS) is 10.2. The van der Waals surface area contributed by atoms with Crippen molar-refractivity contribution in [1.82, 2.24) is 40.6 Å². The van der Waals surface area contributed by atoms with E-state index in [1.165, 1.54) is 108 Å². The van der Waals surface area contributed by atoms with Crippen molar-refractivity contribution in [3.8, 4) is 28.6 Å². The number of rotatable bonds is 6. The molecule has 0 radical (unpaired) electrons. The molecule has 125 heavy (non-hydrogen) atoms. The fourth-order valence-corrected chi connectivity index (χ4v) is 12.5. The summed E-state index contributed by atoms with van der Waals surface area (Å²) in [6.45, 7) is 49.4. The van der Waals surface area contributed by atoms with Crippen LogP contribution in [0.3, 0.4) is 0 Å². The van der Waals surface area contributed by atoms with E-state index in [0.29, 0.717) is 33.0 Å². The molecule has 9 heterocycles. The molecule has 0 spiro atoms. The maximum atomic E-state index is 10.5. The molecule has 9 aromatic heterocycles. The SMILES string of the molecule is Cc1cc(C(=O)O)cs1.Cc1ccc(-c2nn[nH]n2)cc1.Cc1ccc(C(=O)O)cc1.Cc1ccc(C(=O)O)cn1.Cc1ccc(C(=O)O)s1.Cc1ccc(C(C)(C)C)cn1.Cc1ccc(C(C)(C)C)nc1.Cc1ccc(C)nc1.Cc1ccc(O)cc1.Cc1ccc(O)cc1O.Cc1ccc(S(=O)(=O)O)cc1.Cc1csc(C(C)(C)C)c1.Cc1csc(C)c1. The second kappa shape index (κ2) is 54.4. The Hall–Kier alpha value is -12.2. The number of aromatic amines is 1. The van der Waals surface area contributed by atoms with E-state index in [1.807, 2.05) is 142 Å². The number of benzene rings is 5. The number of carboxylic acids is 4. The first-order valence-corrected chi connectivity index (χ1v) is 44.1. The molecule has 0 saturated carbocycles. The van der Waals surface area contributed by atoms with Crippen LogP contribution in [0.1, 0.15) is 201 Å². The molecule has 0 bridgehead atoms. The predicted molar refractivity (Wildman–Crippen MR) is 509 cm³/mol. The Labute approximate surface area is 753 Å². The number of thiophene rings is 4. The Morgan fingerprint density at radius 2 is 0.808 bits per heavy atom. The first-order chi connectivity index (χ1) is 58.2. The van der Waals surface area contributed by atoms with Gasteiger partial charge in [-0.05, 0) is 267 Å². The Bertz CT molecular complexity index is 5320. The molecule has 0 unspecified atom stereocenters. The molecule has 0 atom stereocenters. The number of aromatic nitrogens is 8. The number of tetrazole rings is 1. The third-order valence-electron chi connectivity index (χ3n) is 16.4. The second-order valence-electron chi connectivity index (χ2n) is 31.7. The van der Waals surface area contributed by atoms with E-state index in [4.69, 9.17) is 40.3 Å². The fourth-order valence-electron chi connectivity index (χ4n) is 9.00. The summed E-state index contributed by atoms with van der Waals surface area (Å²) in [6.07, 6.45) is 7.09. The lowest BCUT2D eigenvalue weighted by Crippen LogP contribution is -2.12. The third kappa shape index (κ3) is 47.8. The number of aromatic hydroxyl groups is 3. The summed E-state index contributed by atoms with van der Waals surface area (Å²) < 4.78 is 29.6. The zero-order chi connectivity index (χ0) is 94.5. The topological polar surface area (TPSA) is 370 Å². The molecule has 14 rings (SSSR count). The number of phenolic OH excluding ortho intramolecular Hbond substituents is 3. The van der Waals surface area contributed by atoms with E-state index < -0.39 is 34.0 Å². The highest BCUT2D eigenvalue weighted by Crippen LogP contribution is 2.29. The van der Waals surface area contributed by atoms with Crippen LogP contribution in [0.2, 0.25) is 0 Å². The Balaban J connectivity index is 0.000000460. The highest BCUT2D eigenvalue weighted by Gasteiger charge is 2.17. The molecule has 0 aliphatic heterocycles. The van der Waals surface area contributed by atoms with E-state index >= 15 is 0 Å². The van der Waals surface area contributed by atoms with Crippen LogP contribution >= 0.6 is 45.3 Å². The minimum absolute atomic E-state index is 0.0666. The number of aryl methyl sites for hydroxylation is 15. The summed E-state index contributed by atoms with van der Waals surface area (Å²) in [5.74, 6) is -2.31. The molecule has 0 fully saturated rings. The van der Waals surface area contributed by atoms with Crippen LogP contribution in [-0.2, 0) is 26.4 Å². The molecule has 5 aromatic carbocycles. The van der Waals surface area contributed by atoms with Crippen molar-refractivity contribution in [3.63, 3.8) is 0 Å². The van der Waals surface area contributed by atoms with Crippen molar-refractivity contribution in [1.29, 1.82) is 0 Å². The van der Waals surface area contributed by atoms with Crippen LogP contribution in [0.25, 0.3) is 11.4 Å². The number of nitrogens with zero attached hydrogens (tertiary/aromatic N) is 7. The molecule has 0 aliphatic carbocycles. The molecule has 9 N–H and O–H groups in total. The lowest BCUT2D eigenvalue weighted by Gasteiger charge is -2.17. The van der Waals surface area contributed by atoms with Crippen LogP contribution in [-0.4, -0.2) is 113 Å². The van der Waals surface area contributed by atoms with Gasteiger partial charge < -0.3 is 35.7 Å². The molecule has 0 amide bonds. The smallest absolute Gasteiger partial charge is 0.345 e. The van der Waals surface area contributed by atoms with E-state index in [0.717, 1.165) is 54.8 Å². The third-order valence-corrected chi connectivity index (χ3v) is 21.6. The van der Waals surface area contributed by atoms with Crippen LogP contribution < -0.4 is 0 Å². The van der Waals surface area contributed by atoms with Gasteiger partial charge >= 0.3 is 23.9 Å². The zero-order valence-corrected chi connectivity index (χ0v) is 79.8. The van der Waals surface area contributed by atoms with Crippen molar-refractivity contribution in [2.45, 2.75) is 187 Å². The van der Waals surface area contributed by atoms with Gasteiger partial charge in [-0.1, -0.05) is 169 Å². The first kappa shape index (κ1) is 109. The molecule has 27 heteroatoms. The standard InChI is InChI=1S/2C10H15N.C9H14S.C8H8N4.C8H8O2.C7H7NO2.C7H9N.C7H8O3S.C7H8O2.C7H8O.2C6H6O2S.C6H8S/c1-8-5-6-9(7-11-8)10(2,3)4;1-8-5-6-9(11-7-8)10(2,3)4;1-7-5-8(10-6-7)9(2,3)4;1-6-2-4-7(5-3-6)8-9-11-12-10-8;1-6-2-4-7(5-3-6)8(9)10;1-5-2-3-6(4-8-5)7(9)10;1-6-3-4-7(2)8-5-6;1-6-2-4-7(5-3-6)11(8,9)10;1-5-2-3-6(8)4-7(5)9;1-6-2-4-7(8)5-3-6;1-4-2-5(3-9-4)6(7)8;1-4-2-3-5(9-4)6(7)8;1-5-3-6(2)7-4-5/h2*5-7H,1-4H3;5-6H,1-4H3;2-5H,1H3,(H,9,10,11,12);2-5H,1H3,(H,9,10);2-4H,1H3,(H,9,10);3-5H,1-2H3;2-5H,1H3,(H,8,9,10);2-4,8-9H,1H3;2-5,8H,1H3;2*2-3H,1H3,(H,7,8);3-4H,1-2H3. The van der Waals surface area contributed by atoms with Crippen molar-refractivity contribution in [2.24, 2.45) is 0 Å². The predicted octanol–water partition coefficient (Wildman–Crippen LogP) is 24.6. The van der Waals surface area contributed by atoms with Crippen molar-refractivity contribution in [3.05, 3.63) is 355 Å². The largest absolute Gasteiger partial charge is 0.508 e. The van der Waals surface area contributed by atoms with Gasteiger partial charge in [-0.2, -0.15) is 13.6 Å². The van der Waals surface area contributed by atoms with Crippen LogP contribution in [0.15, 0.2) is 240 Å². The van der Waals surface area contributed by atoms with Gasteiger partial charge in [-0.3, -0.25) is 24.5 Å². The van der Waals surface area contributed by atoms with Crippen molar-refractivity contribution >= 4 is 79.3 Å². The summed E-state index contributed by atoms with van der Waals surface area (Å²) in [4.78, 5) is 62.8. The van der Waals surface area contributed by atoms with E-state index in [-0.39, 0.29) is 32.8 Å². The number of hydrogen-bond acceptors (Lipinski definition) is 20. The minimum Gasteiger partial charge on any atom is -0.508 e. The van der Waals surface area contributed by atoms with Crippen LogP contribution in [0.5, 0.6) is 17.2 Å². The number of carboxylic acid groups (broad SMARTS) is 4. The number of pyridine rings is 4. The van der Waals surface area contributed by atoms with Gasteiger partial charge in [0.05, 0.1) is 21.6 Å². The lowest BCUT2D eigenvalue weighted by atomic mass is 9.88. The zero-order valence-electron chi connectivity index (χ0n) is 75.7. The van der Waals surface area contributed by atoms with Gasteiger partial charge in [0.15, 0.2) is 0 Å². The van der Waals surface area contributed by atoms with E-state index in [2.05, 4.69) is 184 Å². The quantitative estimate of drug-likeness (QED) is 0.0698. The van der Waals surface area contributed by atoms with E-state index in [1.54, 1.807) is 103 Å². The highest BCUT2D eigenvalue weighted by atomic mass is 32.2. The molecular formula is C98H120N8O14S5. The minimum atomic E-state index is -4.02. The molecular weight excluding hydrogens is 1670 g/mol. The summed E-state index contributed by atoms with van der Waals surface area (Å²) in [5.41, 5.74) is 18.5. The maximum Gasteiger partial charge on any atom is 0.345 e. The molecule has 666 valence electrons. The number of aromatic carboxylic acids is 4. The number of hydrogen-bond donors (Lipinski definition) is 9. The van der Waals surface area contributed by atoms with Crippen LogP contribution in [0, 0.1) is 104 Å². The Morgan fingerprint density at radius 1 is 0.368 bits per heavy atom. The average molecular weight is 1790 g/mol. The molecule has 14 aromatic rings. The average Bonchev–Trinajstić information content (AvgIpc) is 1.65. The first-order valence-electron chi connectivity index (χ1n) is 39.2. The fraction of sp³-hybridized carbons (Fsp3) is 0.276. The van der Waals surface area contributed by atoms with E-state index in [9.17, 15) is 27.6 Å². The Kier molecular flexibility index (Phi) is 47.4. The molecule has 0 saturated heterocycles.